The van der Waals surface area contributed by atoms with Gasteiger partial charge in [-0.15, -0.1) is 0 Å². The van der Waals surface area contributed by atoms with E-state index in [1.165, 1.54) is 29.1 Å². The summed E-state index contributed by atoms with van der Waals surface area (Å²) >= 11 is 11.2. The van der Waals surface area contributed by atoms with Crippen LogP contribution >= 0.6 is 23.8 Å². The van der Waals surface area contributed by atoms with Crippen molar-refractivity contribution < 1.29 is 10.2 Å². The Bertz CT molecular complexity index is 949. The quantitative estimate of drug-likeness (QED) is 0.500. The normalized spacial score (nSPS) is 11.2. The van der Waals surface area contributed by atoms with Gasteiger partial charge in [0.15, 0.2) is 5.82 Å². The molecule has 0 atom stereocenters. The van der Waals surface area contributed by atoms with E-state index in [1.54, 1.807) is 18.2 Å². The molecule has 0 saturated carbocycles. The second-order valence-electron chi connectivity index (χ2n) is 4.66. The lowest BCUT2D eigenvalue weighted by molar-refractivity contribution is 0.450. The van der Waals surface area contributed by atoms with Crippen LogP contribution in [0.2, 0.25) is 5.02 Å². The number of phenols is 2. The number of phenolic OH excluding ortho intramolecular Hbond substituents is 2. The number of aromatic amines is 1. The molecule has 1 aromatic heterocycles. The Kier molecular flexibility index (Phi) is 4.14. The van der Waals surface area contributed by atoms with Gasteiger partial charge in [-0.05, 0) is 36.5 Å². The van der Waals surface area contributed by atoms with Crippen LogP contribution in [0.4, 0.5) is 0 Å². The molecule has 0 unspecified atom stereocenters. The van der Waals surface area contributed by atoms with Gasteiger partial charge in [0.2, 0.25) is 4.77 Å². The number of H-pyrrole nitrogens is 1. The van der Waals surface area contributed by atoms with Gasteiger partial charge in [0, 0.05) is 22.2 Å². The third-order valence-electron chi connectivity index (χ3n) is 3.06. The number of benzene rings is 2. The molecule has 1 heterocycles. The van der Waals surface area contributed by atoms with Crippen LogP contribution in [0.3, 0.4) is 0 Å². The van der Waals surface area contributed by atoms with Crippen molar-refractivity contribution in [2.24, 2.45) is 5.10 Å². The number of aromatic hydroxyl groups is 2. The number of halogens is 1. The summed E-state index contributed by atoms with van der Waals surface area (Å²) in [7, 11) is 0. The molecule has 0 radical (unpaired) electrons. The molecule has 0 saturated heterocycles. The van der Waals surface area contributed by atoms with Crippen molar-refractivity contribution in [2.45, 2.75) is 0 Å². The number of hydrogen-bond donors (Lipinski definition) is 3. The van der Waals surface area contributed by atoms with E-state index in [9.17, 15) is 10.2 Å². The largest absolute Gasteiger partial charge is 0.508 e. The maximum absolute atomic E-state index is 9.78. The third-order valence-corrected chi connectivity index (χ3v) is 3.56. The molecule has 6 nitrogen and oxygen atoms in total. The summed E-state index contributed by atoms with van der Waals surface area (Å²) in [5.41, 5.74) is 1.18. The maximum Gasteiger partial charge on any atom is 0.216 e. The molecule has 3 N–H and O–H groups in total. The summed E-state index contributed by atoms with van der Waals surface area (Å²) < 4.78 is 1.72. The van der Waals surface area contributed by atoms with Crippen LogP contribution in [0.15, 0.2) is 47.6 Å². The van der Waals surface area contributed by atoms with Crippen LogP contribution in [0, 0.1) is 4.77 Å². The first kappa shape index (κ1) is 15.3. The SMILES string of the molecule is Oc1ccc(/C=N\n2c(-c3cccc(Cl)c3)n[nH]c2=S)c(O)c1. The molecular weight excluding hydrogens is 336 g/mol. The molecule has 0 fully saturated rings. The van der Waals surface area contributed by atoms with Gasteiger partial charge in [-0.25, -0.2) is 5.10 Å². The van der Waals surface area contributed by atoms with Gasteiger partial charge in [-0.3, -0.25) is 0 Å². The average molecular weight is 347 g/mol. The van der Waals surface area contributed by atoms with Gasteiger partial charge >= 0.3 is 0 Å². The van der Waals surface area contributed by atoms with Gasteiger partial charge in [0.25, 0.3) is 0 Å². The van der Waals surface area contributed by atoms with E-state index < -0.39 is 0 Å². The molecular formula is C15H11ClN4O2S. The fraction of sp³-hybridized carbons (Fsp3) is 0. The molecule has 2 aromatic carbocycles. The van der Waals surface area contributed by atoms with Gasteiger partial charge < -0.3 is 10.2 Å². The first-order valence-electron chi connectivity index (χ1n) is 6.54. The van der Waals surface area contributed by atoms with E-state index >= 15 is 0 Å². The van der Waals surface area contributed by atoms with Crippen LogP contribution in [0.25, 0.3) is 11.4 Å². The Labute approximate surface area is 141 Å². The fourth-order valence-electron chi connectivity index (χ4n) is 1.97. The number of nitrogens with one attached hydrogen (secondary N) is 1. The van der Waals surface area contributed by atoms with E-state index in [0.29, 0.717) is 21.2 Å². The highest BCUT2D eigenvalue weighted by Crippen LogP contribution is 2.23. The summed E-state index contributed by atoms with van der Waals surface area (Å²) in [6, 6.07) is 11.4. The zero-order chi connectivity index (χ0) is 16.4. The Balaban J connectivity index is 2.02. The highest BCUT2D eigenvalue weighted by molar-refractivity contribution is 7.71. The van der Waals surface area contributed by atoms with E-state index in [0.717, 1.165) is 5.56 Å². The predicted molar refractivity (Wildman–Crippen MR) is 90.6 cm³/mol. The van der Waals surface area contributed by atoms with E-state index in [-0.39, 0.29) is 11.5 Å². The van der Waals surface area contributed by atoms with Crippen molar-refractivity contribution in [3.63, 3.8) is 0 Å². The maximum atomic E-state index is 9.78. The summed E-state index contributed by atoms with van der Waals surface area (Å²) in [6.07, 6.45) is 1.42. The van der Waals surface area contributed by atoms with Gasteiger partial charge in [0.1, 0.15) is 11.5 Å². The molecule has 3 rings (SSSR count). The lowest BCUT2D eigenvalue weighted by Crippen LogP contribution is -1.95. The van der Waals surface area contributed by atoms with Crippen LogP contribution < -0.4 is 0 Å². The highest BCUT2D eigenvalue weighted by atomic mass is 35.5. The third kappa shape index (κ3) is 3.25. The van der Waals surface area contributed by atoms with Crippen LogP contribution in [-0.4, -0.2) is 31.3 Å². The zero-order valence-electron chi connectivity index (χ0n) is 11.6. The minimum atomic E-state index is -0.0898. The summed E-state index contributed by atoms with van der Waals surface area (Å²) in [5, 5.41) is 30.7. The number of hydrogen-bond acceptors (Lipinski definition) is 5. The minimum absolute atomic E-state index is 0.0285. The standard InChI is InChI=1S/C15H11ClN4O2S/c16-11-3-1-2-9(6-11)14-18-19-15(23)20(14)17-8-10-4-5-12(21)7-13(10)22/h1-8,21-22H,(H,19,23)/b17-8-. The second kappa shape index (κ2) is 6.23. The Morgan fingerprint density at radius 1 is 1.22 bits per heavy atom. The van der Waals surface area contributed by atoms with Crippen molar-refractivity contribution in [1.29, 1.82) is 0 Å². The topological polar surface area (TPSA) is 86.4 Å². The van der Waals surface area contributed by atoms with E-state index in [2.05, 4.69) is 15.3 Å². The molecule has 23 heavy (non-hydrogen) atoms. The number of aromatic nitrogens is 3. The van der Waals surface area contributed by atoms with Crippen LogP contribution in [0.1, 0.15) is 5.56 Å². The average Bonchev–Trinajstić information content (AvgIpc) is 2.87. The molecule has 116 valence electrons. The molecule has 0 aliphatic heterocycles. The van der Waals surface area contributed by atoms with Crippen LogP contribution in [0.5, 0.6) is 11.5 Å². The monoisotopic (exact) mass is 346 g/mol. The zero-order valence-corrected chi connectivity index (χ0v) is 13.2. The lowest BCUT2D eigenvalue weighted by atomic mass is 10.2. The lowest BCUT2D eigenvalue weighted by Gasteiger charge is -2.02. The van der Waals surface area contributed by atoms with Gasteiger partial charge in [-0.2, -0.15) is 14.9 Å². The predicted octanol–water partition coefficient (Wildman–Crippen LogP) is 3.55. The second-order valence-corrected chi connectivity index (χ2v) is 5.49. The smallest absolute Gasteiger partial charge is 0.216 e. The van der Waals surface area contributed by atoms with Crippen molar-refractivity contribution >= 4 is 30.0 Å². The molecule has 0 aliphatic carbocycles. The van der Waals surface area contributed by atoms with Crippen molar-refractivity contribution in [3.05, 3.63) is 57.8 Å². The van der Waals surface area contributed by atoms with Crippen LogP contribution in [-0.2, 0) is 0 Å². The molecule has 8 heteroatoms. The molecule has 0 spiro atoms. The van der Waals surface area contributed by atoms with E-state index in [1.807, 2.05) is 6.07 Å². The molecule has 0 aliphatic rings. The minimum Gasteiger partial charge on any atom is -0.508 e. The summed E-state index contributed by atoms with van der Waals surface area (Å²) in [6.45, 7) is 0. The molecule has 0 amide bonds. The Morgan fingerprint density at radius 3 is 2.78 bits per heavy atom. The van der Waals surface area contributed by atoms with Gasteiger partial charge in [-0.1, -0.05) is 23.7 Å². The number of rotatable bonds is 3. The van der Waals surface area contributed by atoms with E-state index in [4.69, 9.17) is 23.8 Å². The first-order chi connectivity index (χ1) is 11.0. The van der Waals surface area contributed by atoms with Crippen molar-refractivity contribution in [3.8, 4) is 22.9 Å². The summed E-state index contributed by atoms with van der Waals surface area (Å²) in [5.74, 6) is 0.374. The first-order valence-corrected chi connectivity index (χ1v) is 7.33. The van der Waals surface area contributed by atoms with Gasteiger partial charge in [0.05, 0.1) is 6.21 Å². The number of nitrogens with zero attached hydrogens (tertiary/aromatic N) is 3. The highest BCUT2D eigenvalue weighted by Gasteiger charge is 2.08. The fourth-order valence-corrected chi connectivity index (χ4v) is 2.34. The van der Waals surface area contributed by atoms with Crippen molar-refractivity contribution in [1.82, 2.24) is 14.9 Å². The Morgan fingerprint density at radius 2 is 2.04 bits per heavy atom. The molecule has 3 aromatic rings. The summed E-state index contributed by atoms with van der Waals surface area (Å²) in [4.78, 5) is 0. The Hall–Kier alpha value is -2.64. The van der Waals surface area contributed by atoms with Crippen molar-refractivity contribution in [2.75, 3.05) is 0 Å². The molecule has 0 bridgehead atoms.